The first kappa shape index (κ1) is 28.5. The van der Waals surface area contributed by atoms with Crippen LogP contribution in [0.4, 0.5) is 28.9 Å². The molecule has 2 aliphatic carbocycles. The standard InChI is InChI=1S/C29H28F4N6O4/c1-2-22(41)38-9-7-17(34)23-19(37-18-6-5-15(11-20(18)40)14-3-4-14)8-10-39(28(23)12-21(28)38)27(42)16-13-36-26(24(30)25(16)35)43-29(31,32)33/h2,5-6,11,13-14,21,40H,1,3-4,7-10,12,34H2,(H2,35,36)/t21-,28?/m1/s1. The third-order valence-electron chi connectivity index (χ3n) is 8.47. The van der Waals surface area contributed by atoms with E-state index >= 15 is 0 Å². The lowest BCUT2D eigenvalue weighted by molar-refractivity contribution is -0.277. The molecule has 226 valence electrons. The van der Waals surface area contributed by atoms with Crippen molar-refractivity contribution in [2.24, 2.45) is 10.7 Å². The van der Waals surface area contributed by atoms with Crippen molar-refractivity contribution in [1.82, 2.24) is 14.8 Å². The molecule has 2 aromatic rings. The van der Waals surface area contributed by atoms with Gasteiger partial charge in [0.05, 0.1) is 28.5 Å². The van der Waals surface area contributed by atoms with E-state index < -0.39 is 46.8 Å². The van der Waals surface area contributed by atoms with Crippen LogP contribution in [0.1, 0.15) is 53.9 Å². The summed E-state index contributed by atoms with van der Waals surface area (Å²) >= 11 is 0. The number of hydrogen-bond donors (Lipinski definition) is 3. The molecular formula is C29H28F4N6O4. The van der Waals surface area contributed by atoms with Gasteiger partial charge >= 0.3 is 6.36 Å². The summed E-state index contributed by atoms with van der Waals surface area (Å²) in [6.07, 6.45) is -0.491. The van der Waals surface area contributed by atoms with E-state index in [1.165, 1.54) is 4.90 Å². The Morgan fingerprint density at radius 3 is 2.60 bits per heavy atom. The second-order valence-corrected chi connectivity index (χ2v) is 11.1. The highest BCUT2D eigenvalue weighted by molar-refractivity contribution is 6.10. The molecule has 3 fully saturated rings. The lowest BCUT2D eigenvalue weighted by Crippen LogP contribution is -2.54. The number of aromatic hydroxyl groups is 1. The average Bonchev–Trinajstić information content (AvgIpc) is 3.88. The van der Waals surface area contributed by atoms with Crippen molar-refractivity contribution in [3.8, 4) is 11.6 Å². The lowest BCUT2D eigenvalue weighted by Gasteiger charge is -2.41. The second kappa shape index (κ2) is 9.99. The van der Waals surface area contributed by atoms with Crippen LogP contribution in [0.15, 0.2) is 53.3 Å². The van der Waals surface area contributed by atoms with Gasteiger partial charge in [0, 0.05) is 49.8 Å². The molecule has 2 amide bonds. The number of hydrogen-bond acceptors (Lipinski definition) is 8. The Kier molecular flexibility index (Phi) is 6.62. The number of phenolic OH excluding ortho intramolecular Hbond substituents is 1. The van der Waals surface area contributed by atoms with Crippen LogP contribution in [0.2, 0.25) is 0 Å². The van der Waals surface area contributed by atoms with Crippen molar-refractivity contribution in [2.45, 2.75) is 56.0 Å². The first-order valence-corrected chi connectivity index (χ1v) is 13.7. The number of rotatable bonds is 5. The summed E-state index contributed by atoms with van der Waals surface area (Å²) in [6, 6.07) is 4.79. The van der Waals surface area contributed by atoms with Crippen LogP contribution in [-0.4, -0.2) is 68.4 Å². The van der Waals surface area contributed by atoms with Crippen molar-refractivity contribution in [2.75, 3.05) is 18.8 Å². The van der Waals surface area contributed by atoms with Crippen molar-refractivity contribution < 1.29 is 37.0 Å². The molecule has 14 heteroatoms. The molecule has 3 heterocycles. The number of aliphatic imine (C=N–C) groups is 1. The van der Waals surface area contributed by atoms with Gasteiger partial charge < -0.3 is 31.1 Å². The summed E-state index contributed by atoms with van der Waals surface area (Å²) in [5.41, 5.74) is 12.7. The number of likely N-dealkylation sites (tertiary alicyclic amines) is 1. The summed E-state index contributed by atoms with van der Waals surface area (Å²) < 4.78 is 56.5. The largest absolute Gasteiger partial charge is 0.574 e. The number of ether oxygens (including phenoxy) is 1. The molecule has 5 N–H and O–H groups in total. The van der Waals surface area contributed by atoms with E-state index in [4.69, 9.17) is 16.5 Å². The smallest absolute Gasteiger partial charge is 0.506 e. The molecule has 6 rings (SSSR count). The Bertz CT molecular complexity index is 1620. The van der Waals surface area contributed by atoms with Crippen molar-refractivity contribution in [3.63, 3.8) is 0 Å². The van der Waals surface area contributed by atoms with Crippen LogP contribution in [0.25, 0.3) is 0 Å². The van der Waals surface area contributed by atoms with Crippen molar-refractivity contribution in [3.05, 3.63) is 65.3 Å². The van der Waals surface area contributed by atoms with Gasteiger partial charge in [0.15, 0.2) is 0 Å². The number of nitrogens with two attached hydrogens (primary N) is 2. The van der Waals surface area contributed by atoms with Gasteiger partial charge in [-0.25, -0.2) is 9.98 Å². The number of anilines is 1. The fourth-order valence-electron chi connectivity index (χ4n) is 6.28. The second-order valence-electron chi connectivity index (χ2n) is 11.1. The normalized spacial score (nSPS) is 24.3. The molecule has 4 aliphatic rings. The third-order valence-corrected chi connectivity index (χ3v) is 8.47. The summed E-state index contributed by atoms with van der Waals surface area (Å²) in [7, 11) is 0. The predicted octanol–water partition coefficient (Wildman–Crippen LogP) is 4.05. The van der Waals surface area contributed by atoms with Gasteiger partial charge in [0.1, 0.15) is 11.4 Å². The Hall–Kier alpha value is -4.62. The minimum absolute atomic E-state index is 0.00328. The lowest BCUT2D eigenvalue weighted by atomic mass is 9.87. The van der Waals surface area contributed by atoms with Gasteiger partial charge in [0.2, 0.25) is 11.7 Å². The Balaban J connectivity index is 1.41. The highest BCUT2D eigenvalue weighted by Crippen LogP contribution is 2.57. The number of nitrogens with zero attached hydrogens (tertiary/aromatic N) is 4. The van der Waals surface area contributed by atoms with Gasteiger partial charge in [-0.3, -0.25) is 9.59 Å². The summed E-state index contributed by atoms with van der Waals surface area (Å²) in [4.78, 5) is 37.9. The average molecular weight is 601 g/mol. The number of pyridine rings is 1. The Morgan fingerprint density at radius 2 is 1.95 bits per heavy atom. The molecule has 1 aromatic carbocycles. The van der Waals surface area contributed by atoms with E-state index in [2.05, 4.69) is 16.3 Å². The molecule has 0 bridgehead atoms. The number of aromatic nitrogens is 1. The van der Waals surface area contributed by atoms with E-state index in [-0.39, 0.29) is 44.0 Å². The Labute approximate surface area is 243 Å². The van der Waals surface area contributed by atoms with Gasteiger partial charge in [-0.05, 0) is 42.5 Å². The number of piperidine rings is 1. The van der Waals surface area contributed by atoms with Crippen LogP contribution >= 0.6 is 0 Å². The van der Waals surface area contributed by atoms with Gasteiger partial charge in [-0.2, -0.15) is 4.39 Å². The summed E-state index contributed by atoms with van der Waals surface area (Å²) in [5.74, 6) is -3.79. The molecule has 2 aliphatic heterocycles. The fourth-order valence-corrected chi connectivity index (χ4v) is 6.28. The number of phenols is 1. The predicted molar refractivity (Wildman–Crippen MR) is 147 cm³/mol. The number of halogens is 4. The quantitative estimate of drug-likeness (QED) is 0.347. The van der Waals surface area contributed by atoms with Crippen LogP contribution < -0.4 is 16.2 Å². The maximum Gasteiger partial charge on any atom is 0.574 e. The monoisotopic (exact) mass is 600 g/mol. The molecular weight excluding hydrogens is 572 g/mol. The van der Waals surface area contributed by atoms with Gasteiger partial charge in [-0.1, -0.05) is 12.6 Å². The fraction of sp³-hybridized carbons (Fsp3) is 0.379. The minimum Gasteiger partial charge on any atom is -0.506 e. The first-order chi connectivity index (χ1) is 20.4. The number of carbonyl (C=O) groups excluding carboxylic acids is 2. The van der Waals surface area contributed by atoms with Gasteiger partial charge in [0.25, 0.3) is 11.8 Å². The highest BCUT2D eigenvalue weighted by atomic mass is 19.4. The number of carbonyl (C=O) groups is 2. The molecule has 1 unspecified atom stereocenters. The Morgan fingerprint density at radius 1 is 1.21 bits per heavy atom. The number of alkyl halides is 3. The summed E-state index contributed by atoms with van der Waals surface area (Å²) in [6.45, 7) is 3.85. The van der Waals surface area contributed by atoms with Crippen molar-refractivity contribution >= 4 is 28.9 Å². The third kappa shape index (κ3) is 4.83. The number of benzene rings is 1. The molecule has 2 atom stereocenters. The van der Waals surface area contributed by atoms with Crippen LogP contribution in [0.5, 0.6) is 11.6 Å². The van der Waals surface area contributed by atoms with Gasteiger partial charge in [-0.15, -0.1) is 13.2 Å². The molecule has 1 saturated heterocycles. The van der Waals surface area contributed by atoms with Crippen LogP contribution in [-0.2, 0) is 4.79 Å². The molecule has 10 nitrogen and oxygen atoms in total. The van der Waals surface area contributed by atoms with E-state index in [9.17, 15) is 32.3 Å². The van der Waals surface area contributed by atoms with E-state index in [1.54, 1.807) is 17.0 Å². The van der Waals surface area contributed by atoms with E-state index in [0.29, 0.717) is 28.6 Å². The zero-order chi connectivity index (χ0) is 30.8. The molecule has 2 saturated carbocycles. The van der Waals surface area contributed by atoms with Crippen LogP contribution in [0, 0.1) is 5.82 Å². The minimum atomic E-state index is -5.22. The van der Waals surface area contributed by atoms with E-state index in [0.717, 1.165) is 30.7 Å². The zero-order valence-electron chi connectivity index (χ0n) is 22.8. The highest BCUT2D eigenvalue weighted by Gasteiger charge is 2.68. The SMILES string of the molecule is C=CC(=O)N1CCC(N)=C2C(=Nc3ccc(C4CC4)cc3O)CCN(C(=O)c3cnc(OC(F)(F)F)c(F)c3N)C23C[C@@H]13. The molecule has 0 radical (unpaired) electrons. The number of amides is 2. The van der Waals surface area contributed by atoms with E-state index in [1.807, 2.05) is 6.07 Å². The maximum atomic E-state index is 14.8. The maximum absolute atomic E-state index is 14.8. The first-order valence-electron chi connectivity index (χ1n) is 13.7. The topological polar surface area (TPSA) is 147 Å². The molecule has 1 aromatic heterocycles. The van der Waals surface area contributed by atoms with Crippen molar-refractivity contribution in [1.29, 1.82) is 0 Å². The molecule has 1 spiro atoms. The summed E-state index contributed by atoms with van der Waals surface area (Å²) in [5, 5.41) is 10.8. The van der Waals surface area contributed by atoms with Crippen LogP contribution in [0.3, 0.4) is 0 Å². The number of nitrogen functional groups attached to an aromatic ring is 1. The zero-order valence-corrected chi connectivity index (χ0v) is 22.8. The molecule has 43 heavy (non-hydrogen) atoms.